The van der Waals surface area contributed by atoms with Crippen molar-refractivity contribution in [2.75, 3.05) is 13.1 Å². The summed E-state index contributed by atoms with van der Waals surface area (Å²) < 4.78 is 0. The van der Waals surface area contributed by atoms with Crippen LogP contribution in [0.4, 0.5) is 0 Å². The molecule has 0 spiro atoms. The molecule has 0 aromatic heterocycles. The second-order valence-electron chi connectivity index (χ2n) is 12.6. The minimum absolute atomic E-state index is 0.0277. The summed E-state index contributed by atoms with van der Waals surface area (Å²) >= 11 is 0. The van der Waals surface area contributed by atoms with Crippen molar-refractivity contribution >= 4 is 35.6 Å². The molecule has 4 amide bonds. The highest BCUT2D eigenvalue weighted by Crippen LogP contribution is 2.58. The zero-order valence-electron chi connectivity index (χ0n) is 24.9. The number of aromatic hydroxyl groups is 1. The average molecular weight is 609 g/mol. The van der Waals surface area contributed by atoms with Crippen LogP contribution in [0.3, 0.4) is 0 Å². The summed E-state index contributed by atoms with van der Waals surface area (Å²) in [5.41, 5.74) is 2.30. The Morgan fingerprint density at radius 1 is 0.750 bits per heavy atom. The fraction of sp³-hybridized carbons (Fsp3) is 0.576. The van der Waals surface area contributed by atoms with Crippen LogP contribution in [-0.4, -0.2) is 73.8 Å². The molecule has 6 atom stereocenters. The third kappa shape index (κ3) is 5.88. The number of carbonyl (C=O) groups is 6. The van der Waals surface area contributed by atoms with Crippen LogP contribution in [0.15, 0.2) is 29.8 Å². The summed E-state index contributed by atoms with van der Waals surface area (Å²) in [7, 11) is 0. The van der Waals surface area contributed by atoms with Gasteiger partial charge in [-0.05, 0) is 68.6 Å². The Morgan fingerprint density at radius 2 is 1.32 bits per heavy atom. The Morgan fingerprint density at radius 3 is 1.89 bits per heavy atom. The number of unbranched alkanes of at least 4 members (excludes halogenated alkanes) is 4. The molecule has 1 aromatic rings. The van der Waals surface area contributed by atoms with Gasteiger partial charge in [-0.15, -0.1) is 0 Å². The fourth-order valence-electron chi connectivity index (χ4n) is 7.85. The molecular weight excluding hydrogens is 568 g/mol. The molecule has 2 aliphatic heterocycles. The molecule has 4 aliphatic rings. The molecule has 11 heteroatoms. The number of hydrogen-bond donors (Lipinski definition) is 3. The number of carboxylic acids is 2. The van der Waals surface area contributed by atoms with Crippen molar-refractivity contribution in [3.63, 3.8) is 0 Å². The number of phenolic OH excluding ortho intramolecular Hbond substituents is 1. The van der Waals surface area contributed by atoms with Gasteiger partial charge in [-0.25, -0.2) is 0 Å². The number of benzene rings is 1. The summed E-state index contributed by atoms with van der Waals surface area (Å²) in [5.74, 6) is -6.07. The predicted molar refractivity (Wildman–Crippen MR) is 156 cm³/mol. The number of allylic oxidation sites excluding steroid dienone is 2. The number of aryl methyl sites for hydroxylation is 1. The number of nitrogens with zero attached hydrogens (tertiary/aromatic N) is 2. The second kappa shape index (κ2) is 12.9. The summed E-state index contributed by atoms with van der Waals surface area (Å²) in [6.45, 7) is 2.20. The first-order valence-electron chi connectivity index (χ1n) is 15.6. The lowest BCUT2D eigenvalue weighted by atomic mass is 9.57. The van der Waals surface area contributed by atoms with Gasteiger partial charge in [0.15, 0.2) is 0 Å². The van der Waals surface area contributed by atoms with Crippen LogP contribution >= 0.6 is 0 Å². The van der Waals surface area contributed by atoms with E-state index in [1.807, 2.05) is 12.1 Å². The number of likely N-dealkylation sites (tertiary alicyclic amines) is 2. The van der Waals surface area contributed by atoms with Gasteiger partial charge in [0.1, 0.15) is 5.75 Å². The smallest absolute Gasteiger partial charge is 0.303 e. The highest BCUT2D eigenvalue weighted by atomic mass is 16.4. The predicted octanol–water partition coefficient (Wildman–Crippen LogP) is 3.63. The Hall–Kier alpha value is -4.02. The van der Waals surface area contributed by atoms with Gasteiger partial charge in [-0.2, -0.15) is 0 Å². The van der Waals surface area contributed by atoms with Crippen molar-refractivity contribution < 1.29 is 44.1 Å². The molecule has 5 rings (SSSR count). The van der Waals surface area contributed by atoms with E-state index < -0.39 is 47.4 Å². The summed E-state index contributed by atoms with van der Waals surface area (Å²) in [5, 5.41) is 28.0. The minimum atomic E-state index is -0.887. The van der Waals surface area contributed by atoms with Gasteiger partial charge in [0.2, 0.25) is 23.6 Å². The molecular formula is C33H40N2O9. The Balaban J connectivity index is 1.41. The van der Waals surface area contributed by atoms with Crippen LogP contribution in [0.1, 0.15) is 81.3 Å². The maximum Gasteiger partial charge on any atom is 0.303 e. The zero-order chi connectivity index (χ0) is 31.7. The van der Waals surface area contributed by atoms with Gasteiger partial charge in [0, 0.05) is 31.8 Å². The van der Waals surface area contributed by atoms with Gasteiger partial charge in [0.25, 0.3) is 0 Å². The van der Waals surface area contributed by atoms with E-state index in [1.165, 1.54) is 9.80 Å². The molecule has 2 saturated heterocycles. The lowest BCUT2D eigenvalue weighted by molar-refractivity contribution is -0.142. The van der Waals surface area contributed by atoms with E-state index in [0.717, 1.165) is 11.1 Å². The van der Waals surface area contributed by atoms with Gasteiger partial charge in [0.05, 0.1) is 23.7 Å². The molecule has 0 radical (unpaired) electrons. The molecule has 2 aliphatic carbocycles. The van der Waals surface area contributed by atoms with Crippen molar-refractivity contribution in [2.24, 2.45) is 29.6 Å². The molecule has 1 aromatic carbocycles. The van der Waals surface area contributed by atoms with E-state index in [-0.39, 0.29) is 61.7 Å². The van der Waals surface area contributed by atoms with Crippen molar-refractivity contribution in [3.8, 4) is 5.75 Å². The largest absolute Gasteiger partial charge is 0.508 e. The maximum absolute atomic E-state index is 13.9. The van der Waals surface area contributed by atoms with Crippen molar-refractivity contribution in [3.05, 3.63) is 41.0 Å². The number of fused-ring (bicyclic) bond motifs is 4. The fourth-order valence-corrected chi connectivity index (χ4v) is 7.85. The number of hydrogen-bond acceptors (Lipinski definition) is 7. The third-order valence-electron chi connectivity index (χ3n) is 9.96. The molecule has 11 nitrogen and oxygen atoms in total. The monoisotopic (exact) mass is 608 g/mol. The quantitative estimate of drug-likeness (QED) is 0.172. The number of amides is 4. The zero-order valence-corrected chi connectivity index (χ0v) is 24.9. The first-order valence-corrected chi connectivity index (χ1v) is 15.6. The molecule has 1 saturated carbocycles. The normalized spacial score (nSPS) is 27.7. The second-order valence-corrected chi connectivity index (χ2v) is 12.6. The van der Waals surface area contributed by atoms with Crippen LogP contribution in [0.2, 0.25) is 0 Å². The molecule has 2 heterocycles. The Bertz CT molecular complexity index is 1400. The van der Waals surface area contributed by atoms with Crippen molar-refractivity contribution in [1.29, 1.82) is 0 Å². The van der Waals surface area contributed by atoms with Crippen LogP contribution in [0.5, 0.6) is 5.75 Å². The van der Waals surface area contributed by atoms with Crippen LogP contribution in [0, 0.1) is 36.5 Å². The average Bonchev–Trinajstić information content (AvgIpc) is 3.36. The van der Waals surface area contributed by atoms with Crippen LogP contribution < -0.4 is 0 Å². The first kappa shape index (κ1) is 31.4. The molecule has 0 bridgehead atoms. The molecule has 44 heavy (non-hydrogen) atoms. The molecule has 3 fully saturated rings. The van der Waals surface area contributed by atoms with E-state index in [4.69, 9.17) is 10.2 Å². The van der Waals surface area contributed by atoms with E-state index >= 15 is 0 Å². The van der Waals surface area contributed by atoms with Crippen LogP contribution in [0.25, 0.3) is 0 Å². The van der Waals surface area contributed by atoms with E-state index in [0.29, 0.717) is 50.5 Å². The number of rotatable bonds is 13. The first-order chi connectivity index (χ1) is 21.0. The van der Waals surface area contributed by atoms with Gasteiger partial charge < -0.3 is 15.3 Å². The standard InChI is InChI=1S/C33H40N2O9/c1-18-16-19(10-13-24(18)36)27-20-11-12-21-28(32(43)34(30(21)41)14-6-2-4-8-25(37)38)22(20)17-23-29(27)33(44)35(31(23)42)15-7-3-5-9-26(39)40/h10-11,13,16,21-23,27-29,36H,2-9,12,14-15,17H2,1H3,(H,37,38)(H,39,40). The Labute approximate surface area is 255 Å². The van der Waals surface area contributed by atoms with E-state index in [2.05, 4.69) is 0 Å². The van der Waals surface area contributed by atoms with Crippen LogP contribution in [-0.2, 0) is 28.8 Å². The minimum Gasteiger partial charge on any atom is -0.508 e. The van der Waals surface area contributed by atoms with Gasteiger partial charge >= 0.3 is 11.9 Å². The number of imide groups is 2. The van der Waals surface area contributed by atoms with Crippen molar-refractivity contribution in [2.45, 2.75) is 77.0 Å². The summed E-state index contributed by atoms with van der Waals surface area (Å²) in [6.07, 6.45) is 5.79. The number of carboxylic acid groups (broad SMARTS) is 2. The molecule has 6 unspecified atom stereocenters. The number of carbonyl (C=O) groups excluding carboxylic acids is 4. The lowest BCUT2D eigenvalue weighted by Crippen LogP contribution is -2.43. The Kier molecular flexibility index (Phi) is 9.22. The SMILES string of the molecule is Cc1cc(C2C3=CCC4C(=O)N(CCCCCC(=O)O)C(=O)C4C3CC3C(=O)N(CCCCCC(=O)O)C(=O)C32)ccc1O. The lowest BCUT2D eigenvalue weighted by Gasteiger charge is -2.44. The summed E-state index contributed by atoms with van der Waals surface area (Å²) in [6, 6.07) is 5.16. The topological polar surface area (TPSA) is 170 Å². The molecule has 236 valence electrons. The van der Waals surface area contributed by atoms with E-state index in [1.54, 1.807) is 19.1 Å². The summed E-state index contributed by atoms with van der Waals surface area (Å²) in [4.78, 5) is 79.3. The van der Waals surface area contributed by atoms with E-state index in [9.17, 15) is 33.9 Å². The van der Waals surface area contributed by atoms with Gasteiger partial charge in [-0.1, -0.05) is 36.6 Å². The number of phenols is 1. The van der Waals surface area contributed by atoms with Crippen molar-refractivity contribution in [1.82, 2.24) is 9.80 Å². The van der Waals surface area contributed by atoms with Gasteiger partial charge in [-0.3, -0.25) is 38.6 Å². The highest BCUT2D eigenvalue weighted by molar-refractivity contribution is 6.08. The molecule has 3 N–H and O–H groups in total. The number of aliphatic carboxylic acids is 2. The third-order valence-corrected chi connectivity index (χ3v) is 9.96. The highest BCUT2D eigenvalue weighted by Gasteiger charge is 2.61. The maximum atomic E-state index is 13.9.